The van der Waals surface area contributed by atoms with Crippen molar-refractivity contribution in [3.05, 3.63) is 0 Å². The van der Waals surface area contributed by atoms with Gasteiger partial charge >= 0.3 is 0 Å². The van der Waals surface area contributed by atoms with Crippen LogP contribution < -0.4 is 0 Å². The molecule has 1 rings (SSSR count). The maximum absolute atomic E-state index is 11.3. The van der Waals surface area contributed by atoms with Crippen LogP contribution in [0.3, 0.4) is 0 Å². The second kappa shape index (κ2) is 4.13. The van der Waals surface area contributed by atoms with Crippen LogP contribution in [0.4, 0.5) is 0 Å². The molecular formula is C9H16ClNO. The third-order valence-electron chi connectivity index (χ3n) is 2.50. The summed E-state index contributed by atoms with van der Waals surface area (Å²) in [6.45, 7) is 5.21. The van der Waals surface area contributed by atoms with Crippen LogP contribution in [0.1, 0.15) is 26.7 Å². The van der Waals surface area contributed by atoms with Crippen molar-refractivity contribution < 1.29 is 4.79 Å². The molecule has 1 saturated heterocycles. The van der Waals surface area contributed by atoms with Crippen molar-refractivity contribution in [3.63, 3.8) is 0 Å². The van der Waals surface area contributed by atoms with E-state index in [4.69, 9.17) is 11.6 Å². The van der Waals surface area contributed by atoms with Gasteiger partial charge in [0.15, 0.2) is 0 Å². The highest BCUT2D eigenvalue weighted by molar-refractivity contribution is 6.27. The van der Waals surface area contributed by atoms with E-state index in [2.05, 4.69) is 13.8 Å². The number of nitrogens with zero attached hydrogens (tertiary/aromatic N) is 1. The van der Waals surface area contributed by atoms with Gasteiger partial charge in [0.25, 0.3) is 0 Å². The quantitative estimate of drug-likeness (QED) is 0.608. The SMILES string of the molecule is CC(C)C1CCCN1C(=O)CCl. The van der Waals surface area contributed by atoms with Gasteiger partial charge in [-0.25, -0.2) is 0 Å². The molecule has 3 heteroatoms. The van der Waals surface area contributed by atoms with E-state index in [0.29, 0.717) is 12.0 Å². The fourth-order valence-electron chi connectivity index (χ4n) is 1.87. The van der Waals surface area contributed by atoms with Gasteiger partial charge in [-0.2, -0.15) is 0 Å². The molecule has 1 aliphatic heterocycles. The number of rotatable bonds is 2. The second-order valence-corrected chi connectivity index (χ2v) is 3.94. The molecule has 0 saturated carbocycles. The lowest BCUT2D eigenvalue weighted by Gasteiger charge is -2.26. The summed E-state index contributed by atoms with van der Waals surface area (Å²) in [5.41, 5.74) is 0. The van der Waals surface area contributed by atoms with Gasteiger partial charge in [-0.1, -0.05) is 13.8 Å². The van der Waals surface area contributed by atoms with Crippen molar-refractivity contribution in [3.8, 4) is 0 Å². The van der Waals surface area contributed by atoms with E-state index >= 15 is 0 Å². The summed E-state index contributed by atoms with van der Waals surface area (Å²) < 4.78 is 0. The predicted octanol–water partition coefficient (Wildman–Crippen LogP) is 1.87. The van der Waals surface area contributed by atoms with Gasteiger partial charge < -0.3 is 4.90 Å². The van der Waals surface area contributed by atoms with E-state index in [9.17, 15) is 4.79 Å². The summed E-state index contributed by atoms with van der Waals surface area (Å²) in [6.07, 6.45) is 2.27. The Morgan fingerprint density at radius 1 is 1.67 bits per heavy atom. The van der Waals surface area contributed by atoms with Crippen LogP contribution in [0.15, 0.2) is 0 Å². The smallest absolute Gasteiger partial charge is 0.237 e. The summed E-state index contributed by atoms with van der Waals surface area (Å²) in [7, 11) is 0. The maximum Gasteiger partial charge on any atom is 0.237 e. The minimum absolute atomic E-state index is 0.0906. The number of likely N-dealkylation sites (tertiary alicyclic amines) is 1. The summed E-state index contributed by atoms with van der Waals surface area (Å²) in [6, 6.07) is 0.427. The molecule has 1 fully saturated rings. The molecule has 1 unspecified atom stereocenters. The van der Waals surface area contributed by atoms with Crippen LogP contribution in [-0.4, -0.2) is 29.3 Å². The first-order chi connectivity index (χ1) is 5.66. The minimum atomic E-state index is 0.0906. The van der Waals surface area contributed by atoms with Crippen LogP contribution in [0.2, 0.25) is 0 Å². The van der Waals surface area contributed by atoms with Crippen molar-refractivity contribution in [1.82, 2.24) is 4.90 Å². The van der Waals surface area contributed by atoms with Crippen molar-refractivity contribution in [1.29, 1.82) is 0 Å². The highest BCUT2D eigenvalue weighted by atomic mass is 35.5. The highest BCUT2D eigenvalue weighted by Crippen LogP contribution is 2.23. The van der Waals surface area contributed by atoms with Gasteiger partial charge in [0.05, 0.1) is 0 Å². The average Bonchev–Trinajstić information content (AvgIpc) is 2.50. The van der Waals surface area contributed by atoms with Crippen LogP contribution in [0.5, 0.6) is 0 Å². The summed E-state index contributed by atoms with van der Waals surface area (Å²) in [4.78, 5) is 13.3. The normalized spacial score (nSPS) is 23.7. The average molecular weight is 190 g/mol. The van der Waals surface area contributed by atoms with E-state index in [0.717, 1.165) is 19.4 Å². The van der Waals surface area contributed by atoms with Crippen molar-refractivity contribution >= 4 is 17.5 Å². The predicted molar refractivity (Wildman–Crippen MR) is 50.3 cm³/mol. The molecule has 0 aromatic carbocycles. The third kappa shape index (κ3) is 1.92. The molecule has 1 atom stereocenters. The molecule has 0 radical (unpaired) electrons. The zero-order valence-electron chi connectivity index (χ0n) is 7.72. The number of hydrogen-bond acceptors (Lipinski definition) is 1. The number of alkyl halides is 1. The molecule has 0 aromatic heterocycles. The Balaban J connectivity index is 2.57. The van der Waals surface area contributed by atoms with Crippen LogP contribution >= 0.6 is 11.6 Å². The number of carbonyl (C=O) groups excluding carboxylic acids is 1. The summed E-state index contributed by atoms with van der Waals surface area (Å²) in [5.74, 6) is 0.774. The Kier molecular flexibility index (Phi) is 3.39. The number of halogens is 1. The van der Waals surface area contributed by atoms with Gasteiger partial charge in [-0.3, -0.25) is 4.79 Å². The second-order valence-electron chi connectivity index (χ2n) is 3.67. The molecule has 70 valence electrons. The monoisotopic (exact) mass is 189 g/mol. The Morgan fingerprint density at radius 2 is 2.33 bits per heavy atom. The first-order valence-corrected chi connectivity index (χ1v) is 5.05. The molecule has 12 heavy (non-hydrogen) atoms. The van der Waals surface area contributed by atoms with Gasteiger partial charge in [0, 0.05) is 12.6 Å². The lowest BCUT2D eigenvalue weighted by Crippen LogP contribution is -2.39. The van der Waals surface area contributed by atoms with Crippen molar-refractivity contribution in [2.45, 2.75) is 32.7 Å². The van der Waals surface area contributed by atoms with Gasteiger partial charge in [-0.05, 0) is 18.8 Å². The minimum Gasteiger partial charge on any atom is -0.338 e. The number of hydrogen-bond donors (Lipinski definition) is 0. The lowest BCUT2D eigenvalue weighted by molar-refractivity contribution is -0.130. The molecule has 1 heterocycles. The molecule has 1 aliphatic rings. The summed E-state index contributed by atoms with van der Waals surface area (Å²) >= 11 is 5.51. The molecule has 1 amide bonds. The van der Waals surface area contributed by atoms with Crippen LogP contribution in [-0.2, 0) is 4.79 Å². The fraction of sp³-hybridized carbons (Fsp3) is 0.889. The zero-order chi connectivity index (χ0) is 9.14. The molecule has 0 N–H and O–H groups in total. The first-order valence-electron chi connectivity index (χ1n) is 4.52. The Bertz CT molecular complexity index is 170. The van der Waals surface area contributed by atoms with Gasteiger partial charge in [0.1, 0.15) is 5.88 Å². The molecule has 0 spiro atoms. The first kappa shape index (κ1) is 9.85. The zero-order valence-corrected chi connectivity index (χ0v) is 8.47. The molecular weight excluding hydrogens is 174 g/mol. The topological polar surface area (TPSA) is 20.3 Å². The molecule has 0 aromatic rings. The number of carbonyl (C=O) groups is 1. The van der Waals surface area contributed by atoms with E-state index in [1.165, 1.54) is 0 Å². The van der Waals surface area contributed by atoms with E-state index in [1.807, 2.05) is 4.90 Å². The highest BCUT2D eigenvalue weighted by Gasteiger charge is 2.29. The number of amides is 1. The maximum atomic E-state index is 11.3. The fourth-order valence-corrected chi connectivity index (χ4v) is 2.03. The Labute approximate surface area is 78.9 Å². The molecule has 0 bridgehead atoms. The van der Waals surface area contributed by atoms with Crippen molar-refractivity contribution in [2.24, 2.45) is 5.92 Å². The third-order valence-corrected chi connectivity index (χ3v) is 2.73. The van der Waals surface area contributed by atoms with Gasteiger partial charge in [-0.15, -0.1) is 11.6 Å². The largest absolute Gasteiger partial charge is 0.338 e. The van der Waals surface area contributed by atoms with E-state index in [-0.39, 0.29) is 11.8 Å². The summed E-state index contributed by atoms with van der Waals surface area (Å²) in [5, 5.41) is 0. The van der Waals surface area contributed by atoms with E-state index in [1.54, 1.807) is 0 Å². The van der Waals surface area contributed by atoms with Crippen LogP contribution in [0, 0.1) is 5.92 Å². The standard InChI is InChI=1S/C9H16ClNO/c1-7(2)8-4-3-5-11(8)9(12)6-10/h7-8H,3-6H2,1-2H3. The van der Waals surface area contributed by atoms with E-state index < -0.39 is 0 Å². The lowest BCUT2D eigenvalue weighted by atomic mass is 10.0. The molecule has 0 aliphatic carbocycles. The van der Waals surface area contributed by atoms with Crippen molar-refractivity contribution in [2.75, 3.05) is 12.4 Å². The molecule has 2 nitrogen and oxygen atoms in total. The Hall–Kier alpha value is -0.240. The van der Waals surface area contributed by atoms with Crippen LogP contribution in [0.25, 0.3) is 0 Å². The van der Waals surface area contributed by atoms with Gasteiger partial charge in [0.2, 0.25) is 5.91 Å². The Morgan fingerprint density at radius 3 is 2.83 bits per heavy atom.